The van der Waals surface area contributed by atoms with E-state index >= 15 is 0 Å². The van der Waals surface area contributed by atoms with Crippen LogP contribution in [0.2, 0.25) is 5.02 Å². The van der Waals surface area contributed by atoms with Gasteiger partial charge in [0.25, 0.3) is 0 Å². The number of halogens is 1. The molecule has 1 unspecified atom stereocenters. The summed E-state index contributed by atoms with van der Waals surface area (Å²) < 4.78 is 5.76. The van der Waals surface area contributed by atoms with E-state index in [0.717, 1.165) is 17.7 Å². The monoisotopic (exact) mass is 305 g/mol. The van der Waals surface area contributed by atoms with Crippen LogP contribution in [0.15, 0.2) is 48.5 Å². The highest BCUT2D eigenvalue weighted by molar-refractivity contribution is 6.31. The van der Waals surface area contributed by atoms with E-state index in [1.54, 1.807) is 0 Å². The van der Waals surface area contributed by atoms with Crippen LogP contribution in [-0.2, 0) is 6.54 Å². The topological polar surface area (TPSA) is 41.5 Å². The van der Waals surface area contributed by atoms with Crippen molar-refractivity contribution in [2.75, 3.05) is 13.2 Å². The molecule has 0 aliphatic carbocycles. The Kier molecular flexibility index (Phi) is 6.05. The molecule has 3 nitrogen and oxygen atoms in total. The summed E-state index contributed by atoms with van der Waals surface area (Å²) in [5, 5.41) is 14.1. The van der Waals surface area contributed by atoms with Crippen LogP contribution < -0.4 is 10.1 Å². The first-order valence-corrected chi connectivity index (χ1v) is 7.44. The number of benzene rings is 2. The van der Waals surface area contributed by atoms with Crippen LogP contribution >= 0.6 is 11.6 Å². The normalized spacial score (nSPS) is 12.1. The molecule has 0 amide bonds. The predicted octanol–water partition coefficient (Wildman–Crippen LogP) is 3.56. The van der Waals surface area contributed by atoms with Crippen molar-refractivity contribution >= 4 is 11.6 Å². The number of rotatable bonds is 7. The van der Waals surface area contributed by atoms with Crippen LogP contribution in [0.5, 0.6) is 5.75 Å². The largest absolute Gasteiger partial charge is 0.490 e. The maximum absolute atomic E-state index is 10.1. The van der Waals surface area contributed by atoms with Crippen molar-refractivity contribution < 1.29 is 9.84 Å². The Morgan fingerprint density at radius 2 is 1.90 bits per heavy atom. The molecular formula is C17H20ClNO2. The fourth-order valence-electron chi connectivity index (χ4n) is 2.04. The summed E-state index contributed by atoms with van der Waals surface area (Å²) >= 11 is 6.21. The Balaban J connectivity index is 2.04. The molecule has 0 aliphatic rings. The SMILES string of the molecule is CCNCc1c(Cl)cccc1OCC(O)c1ccccc1. The van der Waals surface area contributed by atoms with E-state index in [-0.39, 0.29) is 6.61 Å². The predicted molar refractivity (Wildman–Crippen MR) is 85.7 cm³/mol. The van der Waals surface area contributed by atoms with Gasteiger partial charge in [0.05, 0.1) is 0 Å². The lowest BCUT2D eigenvalue weighted by Gasteiger charge is -2.16. The van der Waals surface area contributed by atoms with Crippen LogP contribution in [0, 0.1) is 0 Å². The van der Waals surface area contributed by atoms with Gasteiger partial charge >= 0.3 is 0 Å². The van der Waals surface area contributed by atoms with Gasteiger partial charge in [-0.05, 0) is 24.2 Å². The summed E-state index contributed by atoms with van der Waals surface area (Å²) in [7, 11) is 0. The lowest BCUT2D eigenvalue weighted by atomic mass is 10.1. The molecule has 21 heavy (non-hydrogen) atoms. The van der Waals surface area contributed by atoms with Crippen molar-refractivity contribution in [2.45, 2.75) is 19.6 Å². The molecule has 112 valence electrons. The number of hydrogen-bond donors (Lipinski definition) is 2. The van der Waals surface area contributed by atoms with Crippen molar-refractivity contribution in [3.8, 4) is 5.75 Å². The molecule has 0 aliphatic heterocycles. The molecule has 0 saturated heterocycles. The van der Waals surface area contributed by atoms with Crippen LogP contribution in [0.4, 0.5) is 0 Å². The van der Waals surface area contributed by atoms with Crippen molar-refractivity contribution in [1.82, 2.24) is 5.32 Å². The molecular weight excluding hydrogens is 286 g/mol. The van der Waals surface area contributed by atoms with E-state index in [9.17, 15) is 5.11 Å². The van der Waals surface area contributed by atoms with E-state index < -0.39 is 6.10 Å². The first-order valence-electron chi connectivity index (χ1n) is 7.06. The minimum atomic E-state index is -0.655. The Hall–Kier alpha value is -1.55. The average molecular weight is 306 g/mol. The molecule has 2 aromatic rings. The minimum absolute atomic E-state index is 0.198. The Morgan fingerprint density at radius 1 is 1.14 bits per heavy atom. The Bertz CT molecular complexity index is 560. The first-order chi connectivity index (χ1) is 10.2. The van der Waals surface area contributed by atoms with Gasteiger partial charge < -0.3 is 15.2 Å². The molecule has 0 aromatic heterocycles. The van der Waals surface area contributed by atoms with Gasteiger partial charge in [-0.25, -0.2) is 0 Å². The number of ether oxygens (including phenoxy) is 1. The van der Waals surface area contributed by atoms with E-state index in [4.69, 9.17) is 16.3 Å². The van der Waals surface area contributed by atoms with Crippen LogP contribution in [0.1, 0.15) is 24.2 Å². The quantitative estimate of drug-likeness (QED) is 0.822. The zero-order valence-corrected chi connectivity index (χ0v) is 12.8. The third-order valence-electron chi connectivity index (χ3n) is 3.21. The van der Waals surface area contributed by atoms with Gasteiger partial charge in [-0.3, -0.25) is 0 Å². The maximum Gasteiger partial charge on any atom is 0.125 e. The van der Waals surface area contributed by atoms with E-state index in [1.165, 1.54) is 0 Å². The summed E-state index contributed by atoms with van der Waals surface area (Å²) in [5.74, 6) is 0.707. The standard InChI is InChI=1S/C17H20ClNO2/c1-2-19-11-14-15(18)9-6-10-17(14)21-12-16(20)13-7-4-3-5-8-13/h3-10,16,19-20H,2,11-12H2,1H3. The molecule has 2 rings (SSSR count). The van der Waals surface area contributed by atoms with Crippen LogP contribution in [0.25, 0.3) is 0 Å². The Labute approximate surface area is 130 Å². The molecule has 0 fully saturated rings. The van der Waals surface area contributed by atoms with Crippen LogP contribution in [0.3, 0.4) is 0 Å². The lowest BCUT2D eigenvalue weighted by molar-refractivity contribution is 0.107. The summed E-state index contributed by atoms with van der Waals surface area (Å²) in [4.78, 5) is 0. The number of aliphatic hydroxyl groups excluding tert-OH is 1. The highest BCUT2D eigenvalue weighted by Crippen LogP contribution is 2.27. The number of hydrogen-bond acceptors (Lipinski definition) is 3. The molecule has 1 atom stereocenters. The highest BCUT2D eigenvalue weighted by atomic mass is 35.5. The third-order valence-corrected chi connectivity index (χ3v) is 3.56. The van der Waals surface area contributed by atoms with E-state index in [2.05, 4.69) is 5.32 Å². The second-order valence-corrected chi connectivity index (χ2v) is 5.14. The van der Waals surface area contributed by atoms with E-state index in [1.807, 2.05) is 55.5 Å². The fraction of sp³-hybridized carbons (Fsp3) is 0.294. The van der Waals surface area contributed by atoms with Gasteiger partial charge in [0.2, 0.25) is 0 Å². The maximum atomic E-state index is 10.1. The number of aliphatic hydroxyl groups is 1. The van der Waals surface area contributed by atoms with Crippen molar-refractivity contribution in [3.63, 3.8) is 0 Å². The number of nitrogens with one attached hydrogen (secondary N) is 1. The van der Waals surface area contributed by atoms with Gasteiger partial charge in [0, 0.05) is 17.1 Å². The zero-order chi connectivity index (χ0) is 15.1. The van der Waals surface area contributed by atoms with Crippen molar-refractivity contribution in [2.24, 2.45) is 0 Å². The van der Waals surface area contributed by atoms with Gasteiger partial charge in [0.1, 0.15) is 18.5 Å². The smallest absolute Gasteiger partial charge is 0.125 e. The van der Waals surface area contributed by atoms with E-state index in [0.29, 0.717) is 17.3 Å². The van der Waals surface area contributed by atoms with Gasteiger partial charge in [-0.2, -0.15) is 0 Å². The molecule has 2 aromatic carbocycles. The van der Waals surface area contributed by atoms with Crippen molar-refractivity contribution in [3.05, 3.63) is 64.7 Å². The highest BCUT2D eigenvalue weighted by Gasteiger charge is 2.11. The molecule has 0 saturated carbocycles. The molecule has 0 radical (unpaired) electrons. The summed E-state index contributed by atoms with van der Waals surface area (Å²) in [6.07, 6.45) is -0.655. The second-order valence-electron chi connectivity index (χ2n) is 4.73. The second kappa shape index (κ2) is 8.03. The van der Waals surface area contributed by atoms with Crippen molar-refractivity contribution in [1.29, 1.82) is 0 Å². The Morgan fingerprint density at radius 3 is 2.62 bits per heavy atom. The molecule has 2 N–H and O–H groups in total. The van der Waals surface area contributed by atoms with Gasteiger partial charge in [0.15, 0.2) is 0 Å². The lowest BCUT2D eigenvalue weighted by Crippen LogP contribution is -2.15. The summed E-state index contributed by atoms with van der Waals surface area (Å²) in [6.45, 7) is 3.74. The first kappa shape index (κ1) is 15.8. The average Bonchev–Trinajstić information content (AvgIpc) is 2.52. The third kappa shape index (κ3) is 4.46. The van der Waals surface area contributed by atoms with Crippen LogP contribution in [-0.4, -0.2) is 18.3 Å². The molecule has 0 heterocycles. The van der Waals surface area contributed by atoms with Gasteiger partial charge in [-0.15, -0.1) is 0 Å². The fourth-order valence-corrected chi connectivity index (χ4v) is 2.27. The summed E-state index contributed by atoms with van der Waals surface area (Å²) in [6, 6.07) is 15.0. The molecule has 0 bridgehead atoms. The minimum Gasteiger partial charge on any atom is -0.490 e. The molecule has 0 spiro atoms. The summed E-state index contributed by atoms with van der Waals surface area (Å²) in [5.41, 5.74) is 1.76. The van der Waals surface area contributed by atoms with Gasteiger partial charge in [-0.1, -0.05) is 54.9 Å². The zero-order valence-electron chi connectivity index (χ0n) is 12.1. The molecule has 4 heteroatoms.